The van der Waals surface area contributed by atoms with Crippen LogP contribution in [0.4, 0.5) is 4.39 Å². The molecule has 2 aromatic rings. The molecule has 2 rings (SSSR count). The van der Waals surface area contributed by atoms with E-state index < -0.39 is 0 Å². The van der Waals surface area contributed by atoms with Crippen molar-refractivity contribution in [3.8, 4) is 0 Å². The van der Waals surface area contributed by atoms with Crippen LogP contribution in [-0.4, -0.2) is 37.4 Å². The summed E-state index contributed by atoms with van der Waals surface area (Å²) < 4.78 is 13.5. The lowest BCUT2D eigenvalue weighted by Crippen LogP contribution is -2.34. The van der Waals surface area contributed by atoms with Crippen molar-refractivity contribution in [2.75, 3.05) is 20.6 Å². The Morgan fingerprint density at radius 1 is 1.08 bits per heavy atom. The summed E-state index contributed by atoms with van der Waals surface area (Å²) in [7, 11) is 3.42. The number of carbonyl (C=O) groups is 2. The highest BCUT2D eigenvalue weighted by atomic mass is 19.1. The largest absolute Gasteiger partial charge is 0.355 e. The van der Waals surface area contributed by atoms with Crippen molar-refractivity contribution in [2.45, 2.75) is 13.1 Å². The van der Waals surface area contributed by atoms with Gasteiger partial charge in [-0.2, -0.15) is 0 Å². The van der Waals surface area contributed by atoms with Gasteiger partial charge in [-0.15, -0.1) is 0 Å². The lowest BCUT2D eigenvalue weighted by molar-refractivity contribution is -0.122. The first-order valence-corrected chi connectivity index (χ1v) is 7.99. The van der Waals surface area contributed by atoms with Gasteiger partial charge in [-0.05, 0) is 30.8 Å². The van der Waals surface area contributed by atoms with Gasteiger partial charge in [0.2, 0.25) is 5.91 Å². The Labute approximate surface area is 146 Å². The van der Waals surface area contributed by atoms with Crippen LogP contribution in [-0.2, 0) is 17.9 Å². The fraction of sp³-hybridized carbons (Fsp3) is 0.263. The highest BCUT2D eigenvalue weighted by Crippen LogP contribution is 2.07. The number of nitrogens with one attached hydrogen (secondary N) is 2. The maximum atomic E-state index is 13.5. The molecule has 132 valence electrons. The molecule has 0 aliphatic heterocycles. The highest BCUT2D eigenvalue weighted by molar-refractivity contribution is 5.93. The third kappa shape index (κ3) is 5.69. The number of hydrogen-bond donors (Lipinski definition) is 2. The molecule has 0 radical (unpaired) electrons. The molecule has 0 spiro atoms. The second kappa shape index (κ2) is 8.94. The molecule has 5 nitrogen and oxygen atoms in total. The lowest BCUT2D eigenvalue weighted by Gasteiger charge is -2.16. The summed E-state index contributed by atoms with van der Waals surface area (Å²) in [5, 5.41) is 5.28. The Morgan fingerprint density at radius 3 is 2.40 bits per heavy atom. The zero-order valence-electron chi connectivity index (χ0n) is 14.4. The van der Waals surface area contributed by atoms with Crippen molar-refractivity contribution >= 4 is 11.8 Å². The van der Waals surface area contributed by atoms with E-state index in [-0.39, 0.29) is 30.7 Å². The molecule has 0 aliphatic rings. The number of benzene rings is 2. The molecule has 0 aromatic heterocycles. The number of halogens is 1. The zero-order valence-corrected chi connectivity index (χ0v) is 14.4. The summed E-state index contributed by atoms with van der Waals surface area (Å²) >= 11 is 0. The molecule has 25 heavy (non-hydrogen) atoms. The van der Waals surface area contributed by atoms with Crippen LogP contribution in [0.2, 0.25) is 0 Å². The molecular formula is C19H22FN3O2. The van der Waals surface area contributed by atoms with Gasteiger partial charge in [0.25, 0.3) is 5.91 Å². The second-order valence-corrected chi connectivity index (χ2v) is 5.82. The molecule has 0 saturated carbocycles. The SMILES string of the molecule is CNC(=O)c1ccc(CN(C)CC(=O)NCc2ccccc2F)cc1. The Hall–Kier alpha value is -2.73. The molecule has 0 bridgehead atoms. The van der Waals surface area contributed by atoms with Crippen molar-refractivity contribution < 1.29 is 14.0 Å². The number of nitrogens with zero attached hydrogens (tertiary/aromatic N) is 1. The third-order valence-corrected chi connectivity index (χ3v) is 3.74. The van der Waals surface area contributed by atoms with Crippen LogP contribution in [0.3, 0.4) is 0 Å². The van der Waals surface area contributed by atoms with Crippen LogP contribution in [0, 0.1) is 5.82 Å². The first-order chi connectivity index (χ1) is 12.0. The normalized spacial score (nSPS) is 10.6. The molecule has 0 atom stereocenters. The maximum absolute atomic E-state index is 13.5. The van der Waals surface area contributed by atoms with Crippen LogP contribution in [0.15, 0.2) is 48.5 Å². The summed E-state index contributed by atoms with van der Waals surface area (Å²) in [6, 6.07) is 13.6. The monoisotopic (exact) mass is 343 g/mol. The summed E-state index contributed by atoms with van der Waals surface area (Å²) in [6.07, 6.45) is 0. The zero-order chi connectivity index (χ0) is 18.2. The number of likely N-dealkylation sites (N-methyl/N-ethyl adjacent to an activating group) is 1. The Kier molecular flexibility index (Phi) is 6.65. The van der Waals surface area contributed by atoms with Crippen LogP contribution in [0.25, 0.3) is 0 Å². The molecule has 0 saturated heterocycles. The molecule has 2 N–H and O–H groups in total. The van der Waals surface area contributed by atoms with E-state index in [0.717, 1.165) is 5.56 Å². The number of carbonyl (C=O) groups excluding carboxylic acids is 2. The van der Waals surface area contributed by atoms with Gasteiger partial charge in [-0.3, -0.25) is 14.5 Å². The van der Waals surface area contributed by atoms with Gasteiger partial charge < -0.3 is 10.6 Å². The lowest BCUT2D eigenvalue weighted by atomic mass is 10.1. The Balaban J connectivity index is 1.81. The predicted molar refractivity (Wildman–Crippen MR) is 94.4 cm³/mol. The van der Waals surface area contributed by atoms with E-state index in [2.05, 4.69) is 10.6 Å². The minimum atomic E-state index is -0.327. The van der Waals surface area contributed by atoms with E-state index in [0.29, 0.717) is 17.7 Å². The first kappa shape index (κ1) is 18.6. The summed E-state index contributed by atoms with van der Waals surface area (Å²) in [6.45, 7) is 0.937. The third-order valence-electron chi connectivity index (χ3n) is 3.74. The Morgan fingerprint density at radius 2 is 1.76 bits per heavy atom. The standard InChI is InChI=1S/C19H22FN3O2/c1-21-19(25)15-9-7-14(8-10-15)12-23(2)13-18(24)22-11-16-5-3-4-6-17(16)20/h3-10H,11-13H2,1-2H3,(H,21,25)(H,22,24). The first-order valence-electron chi connectivity index (χ1n) is 7.99. The number of amides is 2. The topological polar surface area (TPSA) is 61.4 Å². The van der Waals surface area contributed by atoms with E-state index in [1.165, 1.54) is 6.07 Å². The average Bonchev–Trinajstić information content (AvgIpc) is 2.61. The molecule has 2 amide bonds. The fourth-order valence-corrected chi connectivity index (χ4v) is 2.41. The van der Waals surface area contributed by atoms with Crippen molar-refractivity contribution in [1.29, 1.82) is 0 Å². The van der Waals surface area contributed by atoms with Gasteiger partial charge in [0, 0.05) is 31.3 Å². The van der Waals surface area contributed by atoms with Crippen molar-refractivity contribution in [3.63, 3.8) is 0 Å². The van der Waals surface area contributed by atoms with Gasteiger partial charge >= 0.3 is 0 Å². The van der Waals surface area contributed by atoms with E-state index in [1.807, 2.05) is 24.1 Å². The highest BCUT2D eigenvalue weighted by Gasteiger charge is 2.09. The minimum Gasteiger partial charge on any atom is -0.355 e. The quantitative estimate of drug-likeness (QED) is 0.808. The van der Waals surface area contributed by atoms with Gasteiger partial charge in [-0.25, -0.2) is 4.39 Å². The summed E-state index contributed by atoms with van der Waals surface area (Å²) in [4.78, 5) is 25.3. The van der Waals surface area contributed by atoms with Crippen molar-refractivity contribution in [1.82, 2.24) is 15.5 Å². The smallest absolute Gasteiger partial charge is 0.251 e. The number of hydrogen-bond acceptors (Lipinski definition) is 3. The summed E-state index contributed by atoms with van der Waals surface area (Å²) in [5.41, 5.74) is 2.05. The minimum absolute atomic E-state index is 0.132. The van der Waals surface area contributed by atoms with E-state index >= 15 is 0 Å². The molecule has 6 heteroatoms. The summed E-state index contributed by atoms with van der Waals surface area (Å²) in [5.74, 6) is -0.632. The van der Waals surface area contributed by atoms with Crippen molar-refractivity contribution in [3.05, 3.63) is 71.0 Å². The molecule has 0 unspecified atom stereocenters. The van der Waals surface area contributed by atoms with Crippen LogP contribution >= 0.6 is 0 Å². The Bertz CT molecular complexity index is 732. The molecule has 0 aliphatic carbocycles. The van der Waals surface area contributed by atoms with Gasteiger partial charge in [0.1, 0.15) is 5.82 Å². The van der Waals surface area contributed by atoms with E-state index in [4.69, 9.17) is 0 Å². The molecule has 0 fully saturated rings. The number of rotatable bonds is 7. The fourth-order valence-electron chi connectivity index (χ4n) is 2.41. The second-order valence-electron chi connectivity index (χ2n) is 5.82. The van der Waals surface area contributed by atoms with Crippen LogP contribution in [0.5, 0.6) is 0 Å². The van der Waals surface area contributed by atoms with Crippen LogP contribution in [0.1, 0.15) is 21.5 Å². The molecule has 2 aromatic carbocycles. The van der Waals surface area contributed by atoms with E-state index in [9.17, 15) is 14.0 Å². The van der Waals surface area contributed by atoms with Crippen molar-refractivity contribution in [2.24, 2.45) is 0 Å². The van der Waals surface area contributed by atoms with Crippen LogP contribution < -0.4 is 10.6 Å². The van der Waals surface area contributed by atoms with Gasteiger partial charge in [0.05, 0.1) is 6.54 Å². The van der Waals surface area contributed by atoms with E-state index in [1.54, 1.807) is 37.4 Å². The van der Waals surface area contributed by atoms with Gasteiger partial charge in [0.15, 0.2) is 0 Å². The average molecular weight is 343 g/mol. The predicted octanol–water partition coefficient (Wildman–Crippen LogP) is 1.93. The molecule has 0 heterocycles. The molecular weight excluding hydrogens is 321 g/mol. The maximum Gasteiger partial charge on any atom is 0.251 e. The van der Waals surface area contributed by atoms with Gasteiger partial charge in [-0.1, -0.05) is 30.3 Å².